The van der Waals surface area contributed by atoms with Gasteiger partial charge in [-0.3, -0.25) is 20.2 Å². The lowest BCUT2D eigenvalue weighted by Crippen LogP contribution is -2.34. The molecule has 0 spiro atoms. The maximum Gasteiger partial charge on any atom is 0.416 e. The first-order valence-corrected chi connectivity index (χ1v) is 8.05. The van der Waals surface area contributed by atoms with Crippen molar-refractivity contribution in [2.24, 2.45) is 0 Å². The highest BCUT2D eigenvalue weighted by Gasteiger charge is 2.39. The van der Waals surface area contributed by atoms with Crippen LogP contribution in [0.25, 0.3) is 0 Å². The van der Waals surface area contributed by atoms with Gasteiger partial charge in [0.1, 0.15) is 0 Å². The fourth-order valence-corrected chi connectivity index (χ4v) is 2.97. The van der Waals surface area contributed by atoms with E-state index < -0.39 is 38.6 Å². The van der Waals surface area contributed by atoms with Crippen LogP contribution in [0, 0.1) is 20.2 Å². The molecule has 0 N–H and O–H groups in total. The number of hydrogen-bond acceptors (Lipinski definition) is 6. The largest absolute Gasteiger partial charge is 0.416 e. The van der Waals surface area contributed by atoms with E-state index in [2.05, 4.69) is 0 Å². The van der Waals surface area contributed by atoms with Gasteiger partial charge in [0.25, 0.3) is 11.4 Å². The summed E-state index contributed by atoms with van der Waals surface area (Å²) in [4.78, 5) is 22.1. The van der Waals surface area contributed by atoms with Crippen molar-refractivity contribution in [3.8, 4) is 0 Å². The molecule has 144 valence electrons. The molecule has 0 aromatic heterocycles. The second-order valence-corrected chi connectivity index (χ2v) is 5.96. The number of nitro benzene ring substituents is 2. The van der Waals surface area contributed by atoms with Gasteiger partial charge in [0, 0.05) is 31.8 Å². The predicted octanol–water partition coefficient (Wildman–Crippen LogP) is 3.92. The molecular weight excluding hydrogens is 359 g/mol. The van der Waals surface area contributed by atoms with E-state index in [0.717, 1.165) is 6.42 Å². The molecule has 8 nitrogen and oxygen atoms in total. The van der Waals surface area contributed by atoms with E-state index in [9.17, 15) is 33.4 Å². The highest BCUT2D eigenvalue weighted by molar-refractivity contribution is 5.76. The normalized spacial score (nSPS) is 17.3. The van der Waals surface area contributed by atoms with Gasteiger partial charge >= 0.3 is 6.18 Å². The second-order valence-electron chi connectivity index (χ2n) is 5.96. The van der Waals surface area contributed by atoms with Gasteiger partial charge in [-0.15, -0.1) is 0 Å². The van der Waals surface area contributed by atoms with Crippen LogP contribution < -0.4 is 4.90 Å². The lowest BCUT2D eigenvalue weighted by molar-refractivity contribution is -0.393. The van der Waals surface area contributed by atoms with Gasteiger partial charge in [-0.25, -0.2) is 0 Å². The first kappa shape index (κ1) is 19.9. The van der Waals surface area contributed by atoms with Gasteiger partial charge in [-0.2, -0.15) is 13.2 Å². The third-order valence-electron chi connectivity index (χ3n) is 4.05. The molecule has 1 atom stereocenters. The Morgan fingerprint density at radius 2 is 1.81 bits per heavy atom. The minimum Gasteiger partial charge on any atom is -0.376 e. The summed E-state index contributed by atoms with van der Waals surface area (Å²) < 4.78 is 44.5. The molecule has 0 radical (unpaired) electrons. The molecule has 0 saturated carbocycles. The molecule has 0 aliphatic carbocycles. The minimum absolute atomic E-state index is 0.140. The van der Waals surface area contributed by atoms with Crippen LogP contribution in [-0.2, 0) is 10.9 Å². The van der Waals surface area contributed by atoms with Crippen LogP contribution in [0.5, 0.6) is 0 Å². The number of hydrogen-bond donors (Lipinski definition) is 0. The molecule has 1 saturated heterocycles. The highest BCUT2D eigenvalue weighted by atomic mass is 19.4. The molecule has 0 bridgehead atoms. The quantitative estimate of drug-likeness (QED) is 0.528. The van der Waals surface area contributed by atoms with Gasteiger partial charge in [0.15, 0.2) is 5.69 Å². The van der Waals surface area contributed by atoms with E-state index in [1.807, 2.05) is 0 Å². The van der Waals surface area contributed by atoms with E-state index >= 15 is 0 Å². The van der Waals surface area contributed by atoms with Gasteiger partial charge in [0.05, 0.1) is 21.5 Å². The molecule has 1 fully saturated rings. The Kier molecular flexibility index (Phi) is 6.01. The van der Waals surface area contributed by atoms with Crippen LogP contribution in [0.15, 0.2) is 12.1 Å². The van der Waals surface area contributed by atoms with Crippen molar-refractivity contribution >= 4 is 17.1 Å². The third-order valence-corrected chi connectivity index (χ3v) is 4.05. The fourth-order valence-electron chi connectivity index (χ4n) is 2.97. The molecule has 11 heteroatoms. The SMILES string of the molecule is CCCN(CC1CCCO1)c1c([N+](=O)[O-])cc(C(F)(F)F)cc1[N+](=O)[O-]. The molecule has 1 aliphatic heterocycles. The number of rotatable bonds is 7. The Morgan fingerprint density at radius 1 is 1.23 bits per heavy atom. The van der Waals surface area contributed by atoms with Crippen molar-refractivity contribution in [1.29, 1.82) is 0 Å². The van der Waals surface area contributed by atoms with E-state index in [0.29, 0.717) is 31.6 Å². The van der Waals surface area contributed by atoms with Crippen LogP contribution >= 0.6 is 0 Å². The smallest absolute Gasteiger partial charge is 0.376 e. The van der Waals surface area contributed by atoms with Gasteiger partial charge < -0.3 is 9.64 Å². The summed E-state index contributed by atoms with van der Waals surface area (Å²) >= 11 is 0. The Balaban J connectivity index is 2.61. The van der Waals surface area contributed by atoms with Crippen molar-refractivity contribution < 1.29 is 27.8 Å². The maximum absolute atomic E-state index is 13.0. The molecule has 1 heterocycles. The first-order valence-electron chi connectivity index (χ1n) is 8.05. The maximum atomic E-state index is 13.0. The second kappa shape index (κ2) is 7.85. The van der Waals surface area contributed by atoms with Gasteiger partial charge in [-0.05, 0) is 19.3 Å². The van der Waals surface area contributed by atoms with Crippen LogP contribution in [0.4, 0.5) is 30.2 Å². The van der Waals surface area contributed by atoms with Gasteiger partial charge in [0.2, 0.25) is 0 Å². The molecule has 1 aromatic rings. The van der Waals surface area contributed by atoms with Crippen molar-refractivity contribution in [3.05, 3.63) is 37.9 Å². The number of anilines is 1. The van der Waals surface area contributed by atoms with Crippen molar-refractivity contribution in [2.75, 3.05) is 24.6 Å². The molecular formula is C15H18F3N3O5. The lowest BCUT2D eigenvalue weighted by atomic mass is 10.1. The molecule has 26 heavy (non-hydrogen) atoms. The number of benzene rings is 1. The lowest BCUT2D eigenvalue weighted by Gasteiger charge is -2.26. The molecule has 1 aromatic carbocycles. The number of nitrogens with zero attached hydrogens (tertiary/aromatic N) is 3. The zero-order valence-electron chi connectivity index (χ0n) is 14.0. The Hall–Kier alpha value is -2.43. The van der Waals surface area contributed by atoms with Crippen LogP contribution in [0.1, 0.15) is 31.7 Å². The first-order chi connectivity index (χ1) is 12.1. The molecule has 1 unspecified atom stereocenters. The highest BCUT2D eigenvalue weighted by Crippen LogP contribution is 2.43. The number of alkyl halides is 3. The van der Waals surface area contributed by atoms with Crippen LogP contribution in [0.2, 0.25) is 0 Å². The average Bonchev–Trinajstić information content (AvgIpc) is 3.05. The van der Waals surface area contributed by atoms with Crippen molar-refractivity contribution in [2.45, 2.75) is 38.5 Å². The fraction of sp³-hybridized carbons (Fsp3) is 0.600. The summed E-state index contributed by atoms with van der Waals surface area (Å²) in [6.45, 7) is 2.64. The molecule has 1 aliphatic rings. The van der Waals surface area contributed by atoms with Crippen LogP contribution in [-0.4, -0.2) is 35.6 Å². The topological polar surface area (TPSA) is 98.8 Å². The summed E-state index contributed by atoms with van der Waals surface area (Å²) in [5, 5.41) is 22.8. The Labute approximate surface area is 146 Å². The summed E-state index contributed by atoms with van der Waals surface area (Å²) in [5.74, 6) is 0. The third kappa shape index (κ3) is 4.40. The number of halogens is 3. The van der Waals surface area contributed by atoms with Crippen molar-refractivity contribution in [1.82, 2.24) is 0 Å². The summed E-state index contributed by atoms with van der Waals surface area (Å²) in [7, 11) is 0. The summed E-state index contributed by atoms with van der Waals surface area (Å²) in [6.07, 6.45) is -3.23. The van der Waals surface area contributed by atoms with Crippen LogP contribution in [0.3, 0.4) is 0 Å². The zero-order chi connectivity index (χ0) is 19.5. The van der Waals surface area contributed by atoms with E-state index in [1.165, 1.54) is 4.90 Å². The number of nitro groups is 2. The monoisotopic (exact) mass is 377 g/mol. The Bertz CT molecular complexity index is 655. The molecule has 2 rings (SSSR count). The number of ether oxygens (including phenoxy) is 1. The Morgan fingerprint density at radius 3 is 2.19 bits per heavy atom. The molecule has 0 amide bonds. The standard InChI is InChI=1S/C15H18F3N3O5/c1-2-5-19(9-11-4-3-6-26-11)14-12(20(22)23)7-10(15(16,17)18)8-13(14)21(24)25/h7-8,11H,2-6,9H2,1H3. The summed E-state index contributed by atoms with van der Waals surface area (Å²) in [6, 6.07) is 0.695. The minimum atomic E-state index is -4.93. The van der Waals surface area contributed by atoms with E-state index in [-0.39, 0.29) is 19.2 Å². The zero-order valence-corrected chi connectivity index (χ0v) is 14.0. The van der Waals surface area contributed by atoms with E-state index in [4.69, 9.17) is 4.74 Å². The predicted molar refractivity (Wildman–Crippen MR) is 86.2 cm³/mol. The van der Waals surface area contributed by atoms with E-state index in [1.54, 1.807) is 6.92 Å². The summed E-state index contributed by atoms with van der Waals surface area (Å²) in [5.41, 5.74) is -3.70. The van der Waals surface area contributed by atoms with Gasteiger partial charge in [-0.1, -0.05) is 6.92 Å². The average molecular weight is 377 g/mol. The van der Waals surface area contributed by atoms with Crippen molar-refractivity contribution in [3.63, 3.8) is 0 Å².